The minimum Gasteiger partial charge on any atom is -0.314 e. The van der Waals surface area contributed by atoms with E-state index in [-0.39, 0.29) is 0 Å². The van der Waals surface area contributed by atoms with E-state index < -0.39 is 0 Å². The molecule has 1 aliphatic rings. The third kappa shape index (κ3) is 3.83. The van der Waals surface area contributed by atoms with Gasteiger partial charge in [-0.2, -0.15) is 0 Å². The standard InChI is InChI=1S/C16H24BrN/c1-12(2)18-11-16(3,14-6-7-14)10-13-4-8-15(17)9-5-13/h4-5,8-9,12,14,18H,6-7,10-11H2,1-3H3. The highest BCUT2D eigenvalue weighted by atomic mass is 79.9. The second-order valence-corrected chi connectivity index (χ2v) is 7.18. The molecule has 1 saturated carbocycles. The van der Waals surface area contributed by atoms with Crippen molar-refractivity contribution in [2.24, 2.45) is 11.3 Å². The number of rotatable bonds is 6. The summed E-state index contributed by atoms with van der Waals surface area (Å²) in [5.74, 6) is 0.910. The van der Waals surface area contributed by atoms with Crippen LogP contribution in [0.3, 0.4) is 0 Å². The van der Waals surface area contributed by atoms with Gasteiger partial charge in [0.1, 0.15) is 0 Å². The minimum atomic E-state index is 0.415. The van der Waals surface area contributed by atoms with E-state index >= 15 is 0 Å². The number of benzene rings is 1. The molecular weight excluding hydrogens is 286 g/mol. The fourth-order valence-corrected chi connectivity index (χ4v) is 2.90. The van der Waals surface area contributed by atoms with Gasteiger partial charge in [0.05, 0.1) is 0 Å². The molecule has 1 atom stereocenters. The topological polar surface area (TPSA) is 12.0 Å². The van der Waals surface area contributed by atoms with Crippen LogP contribution in [0.1, 0.15) is 39.2 Å². The maximum Gasteiger partial charge on any atom is 0.0175 e. The Labute approximate surface area is 119 Å². The van der Waals surface area contributed by atoms with Gasteiger partial charge in [-0.05, 0) is 48.3 Å². The van der Waals surface area contributed by atoms with Gasteiger partial charge >= 0.3 is 0 Å². The van der Waals surface area contributed by atoms with E-state index in [0.717, 1.165) is 12.5 Å². The molecule has 1 N–H and O–H groups in total. The predicted octanol–water partition coefficient (Wildman–Crippen LogP) is 4.41. The molecule has 0 radical (unpaired) electrons. The summed E-state index contributed by atoms with van der Waals surface area (Å²) in [6, 6.07) is 9.38. The highest BCUT2D eigenvalue weighted by Gasteiger charge is 2.41. The zero-order valence-corrected chi connectivity index (χ0v) is 13.3. The summed E-state index contributed by atoms with van der Waals surface area (Å²) in [4.78, 5) is 0. The normalized spacial score (nSPS) is 18.9. The summed E-state index contributed by atoms with van der Waals surface area (Å²) in [5, 5.41) is 3.63. The lowest BCUT2D eigenvalue weighted by molar-refractivity contribution is 0.248. The number of nitrogens with one attached hydrogen (secondary N) is 1. The second kappa shape index (κ2) is 5.75. The molecule has 0 aromatic heterocycles. The van der Waals surface area contributed by atoms with Crippen molar-refractivity contribution in [2.75, 3.05) is 6.54 Å². The SMILES string of the molecule is CC(C)NCC(C)(Cc1ccc(Br)cc1)C1CC1. The van der Waals surface area contributed by atoms with Crippen molar-refractivity contribution in [1.29, 1.82) is 0 Å². The molecule has 1 nitrogen and oxygen atoms in total. The van der Waals surface area contributed by atoms with E-state index in [0.29, 0.717) is 11.5 Å². The Morgan fingerprint density at radius 2 is 1.89 bits per heavy atom. The van der Waals surface area contributed by atoms with E-state index in [4.69, 9.17) is 0 Å². The molecule has 0 aliphatic heterocycles. The molecule has 0 spiro atoms. The molecule has 0 heterocycles. The Morgan fingerprint density at radius 1 is 1.28 bits per heavy atom. The zero-order valence-electron chi connectivity index (χ0n) is 11.7. The van der Waals surface area contributed by atoms with Crippen LogP contribution < -0.4 is 5.32 Å². The number of hydrogen-bond acceptors (Lipinski definition) is 1. The van der Waals surface area contributed by atoms with E-state index in [1.807, 2.05) is 0 Å². The first-order valence-electron chi connectivity index (χ1n) is 6.97. The monoisotopic (exact) mass is 309 g/mol. The van der Waals surface area contributed by atoms with Gasteiger partial charge in [-0.25, -0.2) is 0 Å². The molecule has 1 aliphatic carbocycles. The van der Waals surface area contributed by atoms with Crippen molar-refractivity contribution >= 4 is 15.9 Å². The van der Waals surface area contributed by atoms with Gasteiger partial charge < -0.3 is 5.32 Å². The summed E-state index contributed by atoms with van der Waals surface area (Å²) in [5.41, 5.74) is 1.87. The van der Waals surface area contributed by atoms with E-state index in [1.165, 1.54) is 29.3 Å². The zero-order chi connectivity index (χ0) is 13.2. The van der Waals surface area contributed by atoms with Crippen LogP contribution in [0.2, 0.25) is 0 Å². The maximum atomic E-state index is 3.63. The van der Waals surface area contributed by atoms with E-state index in [9.17, 15) is 0 Å². The van der Waals surface area contributed by atoms with Crippen molar-refractivity contribution in [3.05, 3.63) is 34.3 Å². The molecule has 1 aromatic rings. The number of hydrogen-bond donors (Lipinski definition) is 1. The van der Waals surface area contributed by atoms with Gasteiger partial charge in [-0.3, -0.25) is 0 Å². The summed E-state index contributed by atoms with van der Waals surface area (Å²) >= 11 is 3.50. The first-order chi connectivity index (χ1) is 8.49. The largest absolute Gasteiger partial charge is 0.314 e. The molecule has 0 bridgehead atoms. The fraction of sp³-hybridized carbons (Fsp3) is 0.625. The van der Waals surface area contributed by atoms with Crippen molar-refractivity contribution in [2.45, 2.75) is 46.1 Å². The molecule has 0 saturated heterocycles. The number of halogens is 1. The first kappa shape index (κ1) is 14.1. The Balaban J connectivity index is 2.03. The summed E-state index contributed by atoms with van der Waals surface area (Å²) in [7, 11) is 0. The molecular formula is C16H24BrN. The molecule has 1 unspecified atom stereocenters. The molecule has 1 fully saturated rings. The van der Waals surface area contributed by atoms with Crippen LogP contribution in [0, 0.1) is 11.3 Å². The van der Waals surface area contributed by atoms with Crippen LogP contribution in [0.15, 0.2) is 28.7 Å². The van der Waals surface area contributed by atoms with Gasteiger partial charge in [0.25, 0.3) is 0 Å². The quantitative estimate of drug-likeness (QED) is 0.821. The Bertz CT molecular complexity index is 381. The van der Waals surface area contributed by atoms with Gasteiger partial charge in [-0.1, -0.05) is 48.8 Å². The maximum absolute atomic E-state index is 3.63. The lowest BCUT2D eigenvalue weighted by Crippen LogP contribution is -2.38. The van der Waals surface area contributed by atoms with Gasteiger partial charge in [0, 0.05) is 17.1 Å². The molecule has 0 amide bonds. The van der Waals surface area contributed by atoms with Crippen molar-refractivity contribution in [3.8, 4) is 0 Å². The molecule has 1 aromatic carbocycles. The first-order valence-corrected chi connectivity index (χ1v) is 7.77. The second-order valence-electron chi connectivity index (χ2n) is 6.27. The Morgan fingerprint density at radius 3 is 2.39 bits per heavy atom. The van der Waals surface area contributed by atoms with Crippen LogP contribution >= 0.6 is 15.9 Å². The predicted molar refractivity (Wildman–Crippen MR) is 81.8 cm³/mol. The third-order valence-corrected chi connectivity index (χ3v) is 4.53. The fourth-order valence-electron chi connectivity index (χ4n) is 2.64. The lowest BCUT2D eigenvalue weighted by atomic mass is 9.78. The average molecular weight is 310 g/mol. The van der Waals surface area contributed by atoms with Crippen LogP contribution in [0.5, 0.6) is 0 Å². The van der Waals surface area contributed by atoms with Crippen LogP contribution in [-0.4, -0.2) is 12.6 Å². The molecule has 2 heteroatoms. The van der Waals surface area contributed by atoms with Crippen molar-refractivity contribution in [1.82, 2.24) is 5.32 Å². The summed E-state index contributed by atoms with van der Waals surface area (Å²) in [6.45, 7) is 8.04. The van der Waals surface area contributed by atoms with Crippen LogP contribution in [0.25, 0.3) is 0 Å². The van der Waals surface area contributed by atoms with Crippen LogP contribution in [0.4, 0.5) is 0 Å². The van der Waals surface area contributed by atoms with Crippen molar-refractivity contribution < 1.29 is 0 Å². The van der Waals surface area contributed by atoms with Gasteiger partial charge in [-0.15, -0.1) is 0 Å². The van der Waals surface area contributed by atoms with Crippen LogP contribution in [-0.2, 0) is 6.42 Å². The molecule has 2 rings (SSSR count). The van der Waals surface area contributed by atoms with Gasteiger partial charge in [0.15, 0.2) is 0 Å². The summed E-state index contributed by atoms with van der Waals surface area (Å²) in [6.07, 6.45) is 4.00. The minimum absolute atomic E-state index is 0.415. The highest BCUT2D eigenvalue weighted by Crippen LogP contribution is 2.47. The van der Waals surface area contributed by atoms with E-state index in [2.05, 4.69) is 66.3 Å². The highest BCUT2D eigenvalue weighted by molar-refractivity contribution is 9.10. The Hall–Kier alpha value is -0.340. The summed E-state index contributed by atoms with van der Waals surface area (Å²) < 4.78 is 1.17. The van der Waals surface area contributed by atoms with E-state index in [1.54, 1.807) is 0 Å². The van der Waals surface area contributed by atoms with Gasteiger partial charge in [0.2, 0.25) is 0 Å². The average Bonchev–Trinajstić information content (AvgIpc) is 3.14. The van der Waals surface area contributed by atoms with Crippen molar-refractivity contribution in [3.63, 3.8) is 0 Å². The lowest BCUT2D eigenvalue weighted by Gasteiger charge is -2.31. The molecule has 100 valence electrons. The third-order valence-electron chi connectivity index (χ3n) is 4.00. The molecule has 18 heavy (non-hydrogen) atoms. The smallest absolute Gasteiger partial charge is 0.0175 e. The Kier molecular flexibility index (Phi) is 4.50.